The van der Waals surface area contributed by atoms with E-state index in [1.807, 2.05) is 31.2 Å². The van der Waals surface area contributed by atoms with Gasteiger partial charge in [-0.2, -0.15) is 5.10 Å². The molecule has 0 spiro atoms. The molecule has 1 atom stereocenters. The molecule has 0 radical (unpaired) electrons. The molecule has 126 valence electrons. The van der Waals surface area contributed by atoms with Gasteiger partial charge in [0.25, 0.3) is 5.91 Å². The van der Waals surface area contributed by atoms with E-state index in [-0.39, 0.29) is 12.5 Å². The van der Waals surface area contributed by atoms with Crippen LogP contribution in [-0.2, 0) is 11.2 Å². The number of aryl methyl sites for hydroxylation is 1. The molecular weight excluding hydrogens is 306 g/mol. The molecular formula is C18H21N3O3. The van der Waals surface area contributed by atoms with Crippen LogP contribution in [-0.4, -0.2) is 58.0 Å². The lowest BCUT2D eigenvalue weighted by atomic mass is 9.92. The highest BCUT2D eigenvalue weighted by molar-refractivity contribution is 5.92. The van der Waals surface area contributed by atoms with Gasteiger partial charge in [0.2, 0.25) is 0 Å². The van der Waals surface area contributed by atoms with Crippen LogP contribution in [0.5, 0.6) is 0 Å². The summed E-state index contributed by atoms with van der Waals surface area (Å²) in [7, 11) is 0. The van der Waals surface area contributed by atoms with E-state index in [2.05, 4.69) is 10.2 Å². The van der Waals surface area contributed by atoms with Crippen LogP contribution in [0.1, 0.15) is 21.6 Å². The number of rotatable bonds is 4. The fourth-order valence-corrected chi connectivity index (χ4v) is 2.93. The van der Waals surface area contributed by atoms with Crippen molar-refractivity contribution in [1.82, 2.24) is 15.1 Å². The highest BCUT2D eigenvalue weighted by Crippen LogP contribution is 2.24. The van der Waals surface area contributed by atoms with E-state index in [0.717, 1.165) is 5.56 Å². The monoisotopic (exact) mass is 327 g/mol. The SMILES string of the molecule is Cc1ccc(CC2(CO)CN(C(=O)c3cccnn3)CCO2)cc1. The molecule has 6 nitrogen and oxygen atoms in total. The molecule has 6 heteroatoms. The molecule has 2 aromatic rings. The topological polar surface area (TPSA) is 75.5 Å². The van der Waals surface area contributed by atoms with Gasteiger partial charge in [-0.05, 0) is 24.6 Å². The van der Waals surface area contributed by atoms with Gasteiger partial charge in [0.15, 0.2) is 5.69 Å². The summed E-state index contributed by atoms with van der Waals surface area (Å²) < 4.78 is 5.89. The minimum Gasteiger partial charge on any atom is -0.393 e. The molecule has 1 aromatic heterocycles. The van der Waals surface area contributed by atoms with Crippen LogP contribution in [0.25, 0.3) is 0 Å². The van der Waals surface area contributed by atoms with Crippen LogP contribution in [0.4, 0.5) is 0 Å². The molecule has 1 aromatic carbocycles. The van der Waals surface area contributed by atoms with Crippen molar-refractivity contribution < 1.29 is 14.6 Å². The maximum Gasteiger partial charge on any atom is 0.274 e. The molecule has 0 aliphatic carbocycles. The average molecular weight is 327 g/mol. The number of ether oxygens (including phenoxy) is 1. The van der Waals surface area contributed by atoms with Gasteiger partial charge in [-0.3, -0.25) is 4.79 Å². The summed E-state index contributed by atoms with van der Waals surface area (Å²) in [6.45, 7) is 3.07. The zero-order valence-electron chi connectivity index (χ0n) is 13.7. The third kappa shape index (κ3) is 3.60. The second-order valence-electron chi connectivity index (χ2n) is 6.19. The van der Waals surface area contributed by atoms with Crippen LogP contribution < -0.4 is 0 Å². The van der Waals surface area contributed by atoms with Crippen LogP contribution in [0.15, 0.2) is 42.6 Å². The van der Waals surface area contributed by atoms with Gasteiger partial charge in [0.1, 0.15) is 5.60 Å². The van der Waals surface area contributed by atoms with E-state index in [0.29, 0.717) is 31.8 Å². The standard InChI is InChI=1S/C18H21N3O3/c1-14-4-6-15(7-5-14)11-18(13-22)12-21(9-10-24-18)17(23)16-3-2-8-19-20-16/h2-8,22H,9-13H2,1H3. The molecule has 1 fully saturated rings. The van der Waals surface area contributed by atoms with Crippen LogP contribution >= 0.6 is 0 Å². The van der Waals surface area contributed by atoms with Crippen molar-refractivity contribution in [2.75, 3.05) is 26.3 Å². The number of carbonyl (C=O) groups is 1. The highest BCUT2D eigenvalue weighted by atomic mass is 16.5. The minimum atomic E-state index is -0.786. The first kappa shape index (κ1) is 16.5. The summed E-state index contributed by atoms with van der Waals surface area (Å²) in [6, 6.07) is 11.5. The Morgan fingerprint density at radius 1 is 1.33 bits per heavy atom. The number of hydrogen-bond donors (Lipinski definition) is 1. The third-order valence-corrected chi connectivity index (χ3v) is 4.26. The molecule has 3 rings (SSSR count). The van der Waals surface area contributed by atoms with Gasteiger partial charge in [0.05, 0.1) is 19.8 Å². The van der Waals surface area contributed by atoms with Gasteiger partial charge in [0, 0.05) is 19.2 Å². The second kappa shape index (κ2) is 7.07. The van der Waals surface area contributed by atoms with Crippen molar-refractivity contribution in [3.8, 4) is 0 Å². The number of aliphatic hydroxyl groups excluding tert-OH is 1. The van der Waals surface area contributed by atoms with Gasteiger partial charge < -0.3 is 14.7 Å². The molecule has 1 aliphatic heterocycles. The van der Waals surface area contributed by atoms with Crippen molar-refractivity contribution in [3.63, 3.8) is 0 Å². The lowest BCUT2D eigenvalue weighted by molar-refractivity contribution is -0.123. The van der Waals surface area contributed by atoms with Crippen molar-refractivity contribution in [3.05, 3.63) is 59.4 Å². The number of morpholine rings is 1. The zero-order chi connectivity index (χ0) is 17.0. The highest BCUT2D eigenvalue weighted by Gasteiger charge is 2.38. The summed E-state index contributed by atoms with van der Waals surface area (Å²) in [6.07, 6.45) is 2.08. The Kier molecular flexibility index (Phi) is 4.87. The molecule has 1 saturated heterocycles. The van der Waals surface area contributed by atoms with Crippen LogP contribution in [0.2, 0.25) is 0 Å². The third-order valence-electron chi connectivity index (χ3n) is 4.26. The second-order valence-corrected chi connectivity index (χ2v) is 6.19. The average Bonchev–Trinajstić information content (AvgIpc) is 2.64. The van der Waals surface area contributed by atoms with E-state index in [1.165, 1.54) is 11.8 Å². The molecule has 0 saturated carbocycles. The Labute approximate surface area is 141 Å². The first-order valence-corrected chi connectivity index (χ1v) is 7.99. The summed E-state index contributed by atoms with van der Waals surface area (Å²) in [5, 5.41) is 17.6. The Bertz CT molecular complexity index is 690. The van der Waals surface area contributed by atoms with Crippen LogP contribution in [0.3, 0.4) is 0 Å². The zero-order valence-corrected chi connectivity index (χ0v) is 13.7. The molecule has 1 unspecified atom stereocenters. The van der Waals surface area contributed by atoms with E-state index < -0.39 is 5.60 Å². The molecule has 0 bridgehead atoms. The number of hydrogen-bond acceptors (Lipinski definition) is 5. The first-order valence-electron chi connectivity index (χ1n) is 7.99. The van der Waals surface area contributed by atoms with Crippen molar-refractivity contribution in [2.45, 2.75) is 18.9 Å². The van der Waals surface area contributed by atoms with Crippen LogP contribution in [0, 0.1) is 6.92 Å². The van der Waals surface area contributed by atoms with E-state index in [9.17, 15) is 9.90 Å². The summed E-state index contributed by atoms with van der Waals surface area (Å²) in [4.78, 5) is 14.3. The van der Waals surface area contributed by atoms with Gasteiger partial charge >= 0.3 is 0 Å². The minimum absolute atomic E-state index is 0.148. The largest absolute Gasteiger partial charge is 0.393 e. The van der Waals surface area contributed by atoms with Crippen molar-refractivity contribution in [2.24, 2.45) is 0 Å². The smallest absolute Gasteiger partial charge is 0.274 e. The number of amides is 1. The fourth-order valence-electron chi connectivity index (χ4n) is 2.93. The number of aromatic nitrogens is 2. The van der Waals surface area contributed by atoms with Crippen molar-refractivity contribution >= 4 is 5.91 Å². The van der Waals surface area contributed by atoms with E-state index in [1.54, 1.807) is 17.0 Å². The maximum atomic E-state index is 12.6. The summed E-state index contributed by atoms with van der Waals surface area (Å²) >= 11 is 0. The Balaban J connectivity index is 1.76. The molecule has 1 amide bonds. The molecule has 24 heavy (non-hydrogen) atoms. The predicted octanol–water partition coefficient (Wildman–Crippen LogP) is 1.23. The maximum absolute atomic E-state index is 12.6. The number of nitrogens with zero attached hydrogens (tertiary/aromatic N) is 3. The Hall–Kier alpha value is -2.31. The normalized spacial score (nSPS) is 20.8. The Morgan fingerprint density at radius 2 is 2.12 bits per heavy atom. The lowest BCUT2D eigenvalue weighted by Crippen LogP contribution is -2.57. The number of benzene rings is 1. The predicted molar refractivity (Wildman–Crippen MR) is 88.6 cm³/mol. The summed E-state index contributed by atoms with van der Waals surface area (Å²) in [5.41, 5.74) is 1.77. The van der Waals surface area contributed by atoms with Gasteiger partial charge in [-0.15, -0.1) is 5.10 Å². The van der Waals surface area contributed by atoms with Crippen molar-refractivity contribution in [1.29, 1.82) is 0 Å². The van der Waals surface area contributed by atoms with E-state index in [4.69, 9.17) is 4.74 Å². The number of aliphatic hydroxyl groups is 1. The quantitative estimate of drug-likeness (QED) is 0.914. The van der Waals surface area contributed by atoms with Gasteiger partial charge in [-0.1, -0.05) is 29.8 Å². The molecule has 2 heterocycles. The first-order chi connectivity index (χ1) is 11.6. The van der Waals surface area contributed by atoms with Gasteiger partial charge in [-0.25, -0.2) is 0 Å². The fraction of sp³-hybridized carbons (Fsp3) is 0.389. The van der Waals surface area contributed by atoms with E-state index >= 15 is 0 Å². The summed E-state index contributed by atoms with van der Waals surface area (Å²) in [5.74, 6) is -0.187. The number of carbonyl (C=O) groups excluding carboxylic acids is 1. The lowest BCUT2D eigenvalue weighted by Gasteiger charge is -2.41. The molecule has 1 N–H and O–H groups in total. The molecule has 1 aliphatic rings. The Morgan fingerprint density at radius 3 is 2.79 bits per heavy atom.